The molecule has 0 aliphatic heterocycles. The number of carbonyl (C=O) groups is 2. The maximum Gasteiger partial charge on any atom is 0.276 e. The first-order chi connectivity index (χ1) is 16.9. The van der Waals surface area contributed by atoms with E-state index in [9.17, 15) is 9.59 Å². The lowest BCUT2D eigenvalue weighted by Gasteiger charge is -2.21. The van der Waals surface area contributed by atoms with Gasteiger partial charge in [0.05, 0.1) is 12.8 Å². The van der Waals surface area contributed by atoms with E-state index >= 15 is 0 Å². The molecule has 0 saturated carbocycles. The van der Waals surface area contributed by atoms with Gasteiger partial charge < -0.3 is 19.2 Å². The molecule has 2 aromatic carbocycles. The summed E-state index contributed by atoms with van der Waals surface area (Å²) in [5.74, 6) is 0.774. The van der Waals surface area contributed by atoms with Gasteiger partial charge in [0.15, 0.2) is 11.5 Å². The van der Waals surface area contributed by atoms with Crippen LogP contribution < -0.4 is 5.32 Å². The molecule has 7 heteroatoms. The van der Waals surface area contributed by atoms with E-state index in [2.05, 4.69) is 22.6 Å². The molecule has 0 saturated heterocycles. The van der Waals surface area contributed by atoms with Gasteiger partial charge in [-0.3, -0.25) is 9.59 Å². The largest absolute Gasteiger partial charge is 0.467 e. The van der Waals surface area contributed by atoms with Crippen molar-refractivity contribution in [3.8, 4) is 11.3 Å². The molecule has 0 radical (unpaired) electrons. The zero-order valence-corrected chi connectivity index (χ0v) is 20.2. The molecule has 4 rings (SSSR count). The second kappa shape index (κ2) is 10.9. The fourth-order valence-electron chi connectivity index (χ4n) is 4.20. The van der Waals surface area contributed by atoms with Crippen molar-refractivity contribution >= 4 is 11.8 Å². The highest BCUT2D eigenvalue weighted by Crippen LogP contribution is 2.29. The van der Waals surface area contributed by atoms with E-state index in [4.69, 9.17) is 8.94 Å². The summed E-state index contributed by atoms with van der Waals surface area (Å²) in [7, 11) is 0. The summed E-state index contributed by atoms with van der Waals surface area (Å²) in [5, 5.41) is 6.90. The molecule has 0 spiro atoms. The van der Waals surface area contributed by atoms with E-state index in [-0.39, 0.29) is 30.5 Å². The van der Waals surface area contributed by atoms with Gasteiger partial charge >= 0.3 is 0 Å². The van der Waals surface area contributed by atoms with Crippen LogP contribution in [0.15, 0.2) is 75.9 Å². The van der Waals surface area contributed by atoms with E-state index in [1.807, 2.05) is 51.1 Å². The third-order valence-corrected chi connectivity index (χ3v) is 5.80. The quantitative estimate of drug-likeness (QED) is 0.362. The first-order valence-corrected chi connectivity index (χ1v) is 11.6. The normalized spacial score (nSPS) is 10.8. The SMILES string of the molecule is Cc1cc(C)c(-c2cc(C(=O)N(CCC(=O)NCc3ccco3)Cc3ccccc3)no2)c(C)c1. The summed E-state index contributed by atoms with van der Waals surface area (Å²) in [4.78, 5) is 27.5. The number of amides is 2. The first-order valence-electron chi connectivity index (χ1n) is 11.6. The lowest BCUT2D eigenvalue weighted by atomic mass is 9.98. The van der Waals surface area contributed by atoms with Crippen LogP contribution in [-0.2, 0) is 17.9 Å². The Morgan fingerprint density at radius 2 is 1.71 bits per heavy atom. The number of carbonyl (C=O) groups excluding carboxylic acids is 2. The average Bonchev–Trinajstić information content (AvgIpc) is 3.52. The van der Waals surface area contributed by atoms with E-state index in [1.165, 1.54) is 5.56 Å². The molecule has 2 amide bonds. The van der Waals surface area contributed by atoms with Crippen molar-refractivity contribution in [3.05, 3.63) is 101 Å². The van der Waals surface area contributed by atoms with Crippen LogP contribution in [-0.4, -0.2) is 28.4 Å². The van der Waals surface area contributed by atoms with Gasteiger partial charge in [-0.15, -0.1) is 0 Å². The number of rotatable bonds is 9. The number of furan rings is 1. The van der Waals surface area contributed by atoms with Crippen molar-refractivity contribution < 1.29 is 18.5 Å². The molecular formula is C28H29N3O4. The van der Waals surface area contributed by atoms with Crippen molar-refractivity contribution in [1.82, 2.24) is 15.4 Å². The number of benzene rings is 2. The summed E-state index contributed by atoms with van der Waals surface area (Å²) < 4.78 is 10.8. The number of aryl methyl sites for hydroxylation is 3. The van der Waals surface area contributed by atoms with Gasteiger partial charge in [-0.05, 0) is 49.6 Å². The van der Waals surface area contributed by atoms with E-state index < -0.39 is 0 Å². The Morgan fingerprint density at radius 3 is 2.40 bits per heavy atom. The van der Waals surface area contributed by atoms with Gasteiger partial charge in [0.25, 0.3) is 5.91 Å². The smallest absolute Gasteiger partial charge is 0.276 e. The molecule has 0 atom stereocenters. The maximum atomic E-state index is 13.4. The van der Waals surface area contributed by atoms with Crippen molar-refractivity contribution in [3.63, 3.8) is 0 Å². The van der Waals surface area contributed by atoms with Gasteiger partial charge in [0.1, 0.15) is 5.76 Å². The van der Waals surface area contributed by atoms with Crippen LogP contribution in [0.1, 0.15) is 44.9 Å². The molecule has 0 aliphatic carbocycles. The fraction of sp³-hybridized carbons (Fsp3) is 0.250. The van der Waals surface area contributed by atoms with E-state index in [0.717, 1.165) is 22.3 Å². The molecule has 0 bridgehead atoms. The Bertz CT molecular complexity index is 1270. The molecular weight excluding hydrogens is 442 g/mol. The molecule has 2 heterocycles. The first kappa shape index (κ1) is 24.0. The van der Waals surface area contributed by atoms with Gasteiger partial charge in [-0.25, -0.2) is 0 Å². The molecule has 0 unspecified atom stereocenters. The summed E-state index contributed by atoms with van der Waals surface area (Å²) >= 11 is 0. The Morgan fingerprint density at radius 1 is 0.971 bits per heavy atom. The predicted octanol–water partition coefficient (Wildman–Crippen LogP) is 5.21. The zero-order valence-electron chi connectivity index (χ0n) is 20.2. The number of nitrogens with zero attached hydrogens (tertiary/aromatic N) is 2. The molecule has 0 fully saturated rings. The standard InChI is InChI=1S/C28H29N3O4/c1-19-14-20(2)27(21(3)15-19)25-16-24(30-35-25)28(33)31(18-22-8-5-4-6-9-22)12-11-26(32)29-17-23-10-7-13-34-23/h4-10,13-16H,11-12,17-18H2,1-3H3,(H,29,32). The number of hydrogen-bond donors (Lipinski definition) is 1. The van der Waals surface area contributed by atoms with Crippen LogP contribution in [0.25, 0.3) is 11.3 Å². The lowest BCUT2D eigenvalue weighted by Crippen LogP contribution is -2.35. The van der Waals surface area contributed by atoms with Gasteiger partial charge in [0, 0.05) is 31.1 Å². The summed E-state index contributed by atoms with van der Waals surface area (Å²) in [5.41, 5.74) is 5.41. The minimum Gasteiger partial charge on any atom is -0.467 e. The van der Waals surface area contributed by atoms with Crippen LogP contribution in [0.3, 0.4) is 0 Å². The van der Waals surface area contributed by atoms with Crippen LogP contribution >= 0.6 is 0 Å². The molecule has 2 aromatic heterocycles. The topological polar surface area (TPSA) is 88.6 Å². The van der Waals surface area contributed by atoms with Crippen molar-refractivity contribution in [2.24, 2.45) is 0 Å². The van der Waals surface area contributed by atoms with Crippen LogP contribution in [0.5, 0.6) is 0 Å². The van der Waals surface area contributed by atoms with Gasteiger partial charge in [-0.1, -0.05) is 53.2 Å². The van der Waals surface area contributed by atoms with Crippen molar-refractivity contribution in [2.75, 3.05) is 6.54 Å². The molecule has 0 aliphatic rings. The fourth-order valence-corrected chi connectivity index (χ4v) is 4.20. The number of aromatic nitrogens is 1. The zero-order chi connectivity index (χ0) is 24.8. The Kier molecular flexibility index (Phi) is 7.45. The summed E-state index contributed by atoms with van der Waals surface area (Å²) in [6, 6.07) is 19.1. The highest BCUT2D eigenvalue weighted by Gasteiger charge is 2.23. The van der Waals surface area contributed by atoms with Crippen LogP contribution in [0.2, 0.25) is 0 Å². The molecule has 180 valence electrons. The van der Waals surface area contributed by atoms with Gasteiger partial charge in [-0.2, -0.15) is 0 Å². The monoisotopic (exact) mass is 471 g/mol. The molecule has 4 aromatic rings. The Hall–Kier alpha value is -4.13. The van der Waals surface area contributed by atoms with Crippen LogP contribution in [0.4, 0.5) is 0 Å². The highest BCUT2D eigenvalue weighted by atomic mass is 16.5. The summed E-state index contributed by atoms with van der Waals surface area (Å²) in [6.45, 7) is 6.98. The Labute approximate surface area is 204 Å². The third kappa shape index (κ3) is 6.06. The predicted molar refractivity (Wildman–Crippen MR) is 133 cm³/mol. The van der Waals surface area contributed by atoms with E-state index in [0.29, 0.717) is 24.6 Å². The second-order valence-corrected chi connectivity index (χ2v) is 8.67. The van der Waals surface area contributed by atoms with Crippen LogP contribution in [0, 0.1) is 20.8 Å². The van der Waals surface area contributed by atoms with Gasteiger partial charge in [0.2, 0.25) is 5.91 Å². The number of hydrogen-bond acceptors (Lipinski definition) is 5. The summed E-state index contributed by atoms with van der Waals surface area (Å²) in [6.07, 6.45) is 1.72. The second-order valence-electron chi connectivity index (χ2n) is 8.67. The maximum absolute atomic E-state index is 13.4. The van der Waals surface area contributed by atoms with E-state index in [1.54, 1.807) is 29.4 Å². The third-order valence-electron chi connectivity index (χ3n) is 5.80. The molecule has 1 N–H and O–H groups in total. The minimum atomic E-state index is -0.287. The minimum absolute atomic E-state index is 0.153. The lowest BCUT2D eigenvalue weighted by molar-refractivity contribution is -0.121. The molecule has 7 nitrogen and oxygen atoms in total. The average molecular weight is 472 g/mol. The highest BCUT2D eigenvalue weighted by molar-refractivity contribution is 5.93. The Balaban J connectivity index is 1.50. The van der Waals surface area contributed by atoms with Crippen molar-refractivity contribution in [1.29, 1.82) is 0 Å². The van der Waals surface area contributed by atoms with Crippen molar-refractivity contribution in [2.45, 2.75) is 40.3 Å². The number of nitrogens with one attached hydrogen (secondary N) is 1. The molecule has 35 heavy (non-hydrogen) atoms.